The van der Waals surface area contributed by atoms with E-state index in [1.54, 1.807) is 4.90 Å². The maximum Gasteiger partial charge on any atom is 0.317 e. The average Bonchev–Trinajstić information content (AvgIpc) is 3.21. The Kier molecular flexibility index (Phi) is 3.66. The molecule has 2 aliphatic heterocycles. The van der Waals surface area contributed by atoms with Crippen molar-refractivity contribution in [2.45, 2.75) is 25.2 Å². The first-order valence-corrected chi connectivity index (χ1v) is 7.90. The number of carbonyl (C=O) groups excluding carboxylic acids is 1. The van der Waals surface area contributed by atoms with Crippen LogP contribution in [-0.4, -0.2) is 48.2 Å². The number of nitrogens with zero attached hydrogens (tertiary/aromatic N) is 2. The van der Waals surface area contributed by atoms with Crippen LogP contribution in [0.1, 0.15) is 18.5 Å². The number of carbonyl (C=O) groups is 1. The van der Waals surface area contributed by atoms with Crippen molar-refractivity contribution >= 4 is 17.0 Å². The highest BCUT2D eigenvalue weighted by Crippen LogP contribution is 2.31. The molecule has 2 aliphatic rings. The van der Waals surface area contributed by atoms with Crippen molar-refractivity contribution in [1.29, 1.82) is 0 Å². The molecule has 1 aromatic carbocycles. The van der Waals surface area contributed by atoms with E-state index in [1.807, 2.05) is 24.3 Å². The third-order valence-electron chi connectivity index (χ3n) is 4.49. The molecule has 2 fully saturated rings. The van der Waals surface area contributed by atoms with E-state index in [4.69, 9.17) is 14.0 Å². The van der Waals surface area contributed by atoms with E-state index in [0.717, 1.165) is 16.7 Å². The van der Waals surface area contributed by atoms with Gasteiger partial charge in [0.25, 0.3) is 0 Å². The molecule has 1 aromatic heterocycles. The summed E-state index contributed by atoms with van der Waals surface area (Å²) >= 11 is 0. The molecule has 0 radical (unpaired) electrons. The van der Waals surface area contributed by atoms with Crippen molar-refractivity contribution < 1.29 is 18.8 Å². The predicted molar refractivity (Wildman–Crippen MR) is 81.7 cm³/mol. The number of piperidine rings is 1. The van der Waals surface area contributed by atoms with Gasteiger partial charge in [0.15, 0.2) is 11.4 Å². The van der Waals surface area contributed by atoms with E-state index in [2.05, 4.69) is 10.5 Å². The first kappa shape index (κ1) is 14.5. The standard InChI is InChI=1S/C16H19N3O4/c20-15(19-7-5-16(6-8-19)21-9-10-22-16)17-11-13-12-3-1-2-4-14(12)23-18-13/h1-4H,5-11H2,(H,17,20). The highest BCUT2D eigenvalue weighted by atomic mass is 16.7. The minimum absolute atomic E-state index is 0.0927. The van der Waals surface area contributed by atoms with Crippen LogP contribution in [0.3, 0.4) is 0 Å². The molecule has 3 heterocycles. The summed E-state index contributed by atoms with van der Waals surface area (Å²) in [5.41, 5.74) is 1.47. The van der Waals surface area contributed by atoms with Gasteiger partial charge < -0.3 is 24.2 Å². The highest BCUT2D eigenvalue weighted by Gasteiger charge is 2.40. The fraction of sp³-hybridized carbons (Fsp3) is 0.500. The lowest BCUT2D eigenvalue weighted by molar-refractivity contribution is -0.181. The molecule has 122 valence electrons. The summed E-state index contributed by atoms with van der Waals surface area (Å²) in [4.78, 5) is 14.1. The van der Waals surface area contributed by atoms with E-state index in [0.29, 0.717) is 45.7 Å². The normalized spacial score (nSPS) is 20.3. The Hall–Kier alpha value is -2.12. The van der Waals surface area contributed by atoms with Gasteiger partial charge in [-0.1, -0.05) is 17.3 Å². The molecule has 23 heavy (non-hydrogen) atoms. The average molecular weight is 317 g/mol. The molecule has 1 N–H and O–H groups in total. The van der Waals surface area contributed by atoms with Crippen LogP contribution < -0.4 is 5.32 Å². The van der Waals surface area contributed by atoms with Gasteiger partial charge in [0.2, 0.25) is 0 Å². The lowest BCUT2D eigenvalue weighted by Crippen LogP contribution is -2.50. The smallest absolute Gasteiger partial charge is 0.317 e. The monoisotopic (exact) mass is 317 g/mol. The molecule has 4 rings (SSSR count). The van der Waals surface area contributed by atoms with Gasteiger partial charge in [0.1, 0.15) is 5.69 Å². The highest BCUT2D eigenvalue weighted by molar-refractivity contribution is 5.80. The zero-order chi connectivity index (χ0) is 15.7. The number of amides is 2. The lowest BCUT2D eigenvalue weighted by Gasteiger charge is -2.37. The van der Waals surface area contributed by atoms with Gasteiger partial charge >= 0.3 is 6.03 Å². The Morgan fingerprint density at radius 2 is 1.96 bits per heavy atom. The Morgan fingerprint density at radius 1 is 1.22 bits per heavy atom. The predicted octanol–water partition coefficient (Wildman–Crippen LogP) is 1.88. The number of fused-ring (bicyclic) bond motifs is 1. The molecule has 7 nitrogen and oxygen atoms in total. The van der Waals surface area contributed by atoms with Crippen LogP contribution in [0.4, 0.5) is 4.79 Å². The second-order valence-electron chi connectivity index (χ2n) is 5.88. The van der Waals surface area contributed by atoms with E-state index < -0.39 is 5.79 Å². The van der Waals surface area contributed by atoms with Crippen LogP contribution in [0.15, 0.2) is 28.8 Å². The molecule has 2 saturated heterocycles. The molecule has 1 spiro atoms. The summed E-state index contributed by atoms with van der Waals surface area (Å²) in [5, 5.41) is 7.86. The number of rotatable bonds is 2. The van der Waals surface area contributed by atoms with Crippen molar-refractivity contribution in [3.05, 3.63) is 30.0 Å². The molecule has 0 atom stereocenters. The number of para-hydroxylation sites is 1. The minimum atomic E-state index is -0.459. The molecule has 2 amide bonds. The summed E-state index contributed by atoms with van der Waals surface area (Å²) < 4.78 is 16.6. The summed E-state index contributed by atoms with van der Waals surface area (Å²) in [7, 11) is 0. The SMILES string of the molecule is O=C(NCc1noc2ccccc12)N1CCC2(CC1)OCCO2. The van der Waals surface area contributed by atoms with Crippen molar-refractivity contribution in [2.75, 3.05) is 26.3 Å². The van der Waals surface area contributed by atoms with Crippen molar-refractivity contribution in [3.63, 3.8) is 0 Å². The molecule has 0 aliphatic carbocycles. The Morgan fingerprint density at radius 3 is 2.74 bits per heavy atom. The van der Waals surface area contributed by atoms with Crippen LogP contribution in [0.2, 0.25) is 0 Å². The van der Waals surface area contributed by atoms with Gasteiger partial charge in [-0.15, -0.1) is 0 Å². The maximum atomic E-state index is 12.3. The summed E-state index contributed by atoms with van der Waals surface area (Å²) in [6.07, 6.45) is 1.43. The molecule has 7 heteroatoms. The van der Waals surface area contributed by atoms with Crippen molar-refractivity contribution in [2.24, 2.45) is 0 Å². The number of ether oxygens (including phenoxy) is 2. The van der Waals surface area contributed by atoms with Gasteiger partial charge in [-0.05, 0) is 12.1 Å². The van der Waals surface area contributed by atoms with Crippen LogP contribution in [0, 0.1) is 0 Å². The first-order chi connectivity index (χ1) is 11.3. The number of benzene rings is 1. The number of aromatic nitrogens is 1. The molecule has 2 aromatic rings. The van der Waals surface area contributed by atoms with Gasteiger partial charge in [0.05, 0.1) is 19.8 Å². The minimum Gasteiger partial charge on any atom is -0.356 e. The molecular weight excluding hydrogens is 298 g/mol. The van der Waals surface area contributed by atoms with E-state index >= 15 is 0 Å². The zero-order valence-corrected chi connectivity index (χ0v) is 12.8. The van der Waals surface area contributed by atoms with E-state index in [-0.39, 0.29) is 6.03 Å². The van der Waals surface area contributed by atoms with E-state index in [1.165, 1.54) is 0 Å². The van der Waals surface area contributed by atoms with Gasteiger partial charge in [-0.3, -0.25) is 0 Å². The summed E-state index contributed by atoms with van der Waals surface area (Å²) in [6, 6.07) is 7.53. The van der Waals surface area contributed by atoms with Gasteiger partial charge in [0, 0.05) is 31.3 Å². The fourth-order valence-corrected chi connectivity index (χ4v) is 3.17. The molecular formula is C16H19N3O4. The van der Waals surface area contributed by atoms with Crippen LogP contribution in [0.25, 0.3) is 11.0 Å². The molecule has 0 unspecified atom stereocenters. The fourth-order valence-electron chi connectivity index (χ4n) is 3.17. The zero-order valence-electron chi connectivity index (χ0n) is 12.8. The second-order valence-corrected chi connectivity index (χ2v) is 5.88. The van der Waals surface area contributed by atoms with Crippen LogP contribution in [-0.2, 0) is 16.0 Å². The topological polar surface area (TPSA) is 76.8 Å². The van der Waals surface area contributed by atoms with E-state index in [9.17, 15) is 4.79 Å². The molecule has 0 saturated carbocycles. The van der Waals surface area contributed by atoms with Crippen molar-refractivity contribution in [3.8, 4) is 0 Å². The Balaban J connectivity index is 1.34. The number of hydrogen-bond donors (Lipinski definition) is 1. The number of urea groups is 1. The summed E-state index contributed by atoms with van der Waals surface area (Å²) in [6.45, 7) is 2.90. The molecule has 0 bridgehead atoms. The number of nitrogens with one attached hydrogen (secondary N) is 1. The first-order valence-electron chi connectivity index (χ1n) is 7.90. The number of likely N-dealkylation sites (tertiary alicyclic amines) is 1. The summed E-state index contributed by atoms with van der Waals surface area (Å²) in [5.74, 6) is -0.459. The Bertz CT molecular complexity index is 698. The maximum absolute atomic E-state index is 12.3. The third-order valence-corrected chi connectivity index (χ3v) is 4.49. The van der Waals surface area contributed by atoms with Gasteiger partial charge in [-0.25, -0.2) is 4.79 Å². The lowest BCUT2D eigenvalue weighted by atomic mass is 10.0. The second kappa shape index (κ2) is 5.82. The largest absolute Gasteiger partial charge is 0.356 e. The quantitative estimate of drug-likeness (QED) is 0.915. The van der Waals surface area contributed by atoms with Crippen LogP contribution in [0.5, 0.6) is 0 Å². The van der Waals surface area contributed by atoms with Gasteiger partial charge in [-0.2, -0.15) is 0 Å². The Labute approximate surface area is 133 Å². The third kappa shape index (κ3) is 2.77. The van der Waals surface area contributed by atoms with Crippen LogP contribution >= 0.6 is 0 Å². The van der Waals surface area contributed by atoms with Crippen molar-refractivity contribution in [1.82, 2.24) is 15.4 Å². The number of hydrogen-bond acceptors (Lipinski definition) is 5.